The third-order valence-corrected chi connectivity index (χ3v) is 3.71. The van der Waals surface area contributed by atoms with Crippen molar-refractivity contribution in [1.29, 1.82) is 0 Å². The molecule has 0 amide bonds. The summed E-state index contributed by atoms with van der Waals surface area (Å²) >= 11 is 6.38. The van der Waals surface area contributed by atoms with E-state index in [0.717, 1.165) is 42.7 Å². The van der Waals surface area contributed by atoms with E-state index in [2.05, 4.69) is 39.8 Å². The predicted octanol–water partition coefficient (Wildman–Crippen LogP) is 6.38. The zero-order valence-electron chi connectivity index (χ0n) is 14.3. The first kappa shape index (κ1) is 18.9. The Bertz CT molecular complexity index is 469. The van der Waals surface area contributed by atoms with Gasteiger partial charge in [-0.25, -0.2) is 0 Å². The number of hydrogen-bond acceptors (Lipinski definition) is 2. The molecule has 1 rings (SSSR count). The van der Waals surface area contributed by atoms with E-state index in [0.29, 0.717) is 24.2 Å². The zero-order chi connectivity index (χ0) is 16.4. The number of rotatable bonds is 10. The summed E-state index contributed by atoms with van der Waals surface area (Å²) in [5.41, 5.74) is 1.16. The van der Waals surface area contributed by atoms with E-state index in [1.165, 1.54) is 0 Å². The van der Waals surface area contributed by atoms with Gasteiger partial charge in [-0.3, -0.25) is 0 Å². The average molecular weight is 325 g/mol. The molecule has 0 radical (unpaired) electrons. The molecule has 124 valence electrons. The van der Waals surface area contributed by atoms with Gasteiger partial charge in [0.05, 0.1) is 18.2 Å². The lowest BCUT2D eigenvalue weighted by molar-refractivity contribution is 0.298. The van der Waals surface area contributed by atoms with Crippen molar-refractivity contribution in [2.45, 2.75) is 59.3 Å². The van der Waals surface area contributed by atoms with Crippen molar-refractivity contribution in [2.75, 3.05) is 13.2 Å². The molecule has 1 unspecified atom stereocenters. The summed E-state index contributed by atoms with van der Waals surface area (Å²) < 4.78 is 11.6. The highest BCUT2D eigenvalue weighted by Gasteiger charge is 2.15. The zero-order valence-corrected chi connectivity index (χ0v) is 15.1. The molecule has 2 nitrogen and oxygen atoms in total. The molecule has 1 aromatic rings. The van der Waals surface area contributed by atoms with Gasteiger partial charge < -0.3 is 9.47 Å². The topological polar surface area (TPSA) is 18.5 Å². The van der Waals surface area contributed by atoms with Crippen molar-refractivity contribution >= 4 is 11.6 Å². The highest BCUT2D eigenvalue weighted by molar-refractivity contribution is 6.32. The lowest BCUT2D eigenvalue weighted by atomic mass is 9.96. The Hall–Kier alpha value is -1.15. The first-order valence-corrected chi connectivity index (χ1v) is 8.75. The van der Waals surface area contributed by atoms with E-state index in [4.69, 9.17) is 21.1 Å². The highest BCUT2D eigenvalue weighted by atomic mass is 35.5. The van der Waals surface area contributed by atoms with Gasteiger partial charge >= 0.3 is 0 Å². The normalized spacial score (nSPS) is 12.6. The fourth-order valence-electron chi connectivity index (χ4n) is 2.19. The fraction of sp³-hybridized carbons (Fsp3) is 0.579. The Morgan fingerprint density at radius 2 is 1.64 bits per heavy atom. The number of allylic oxidation sites excluding steroid dienone is 2. The Morgan fingerprint density at radius 1 is 1.00 bits per heavy atom. The molecule has 0 saturated heterocycles. The van der Waals surface area contributed by atoms with Crippen LogP contribution in [0.1, 0.15) is 64.9 Å². The third-order valence-electron chi connectivity index (χ3n) is 3.41. The van der Waals surface area contributed by atoms with Crippen LogP contribution in [0.5, 0.6) is 11.5 Å². The molecular formula is C19H29ClO2. The lowest BCUT2D eigenvalue weighted by Crippen LogP contribution is -2.04. The summed E-state index contributed by atoms with van der Waals surface area (Å²) in [6, 6.07) is 3.95. The molecule has 1 aromatic carbocycles. The van der Waals surface area contributed by atoms with Gasteiger partial charge in [0.2, 0.25) is 0 Å². The van der Waals surface area contributed by atoms with Crippen LogP contribution in [-0.4, -0.2) is 13.2 Å². The minimum absolute atomic E-state index is 0.368. The van der Waals surface area contributed by atoms with Crippen LogP contribution in [-0.2, 0) is 0 Å². The SMILES string of the molecule is CC/C=C\CC(C)c1cc(Cl)c(OCCC)cc1OCCC. The van der Waals surface area contributed by atoms with Crippen LogP contribution >= 0.6 is 11.6 Å². The summed E-state index contributed by atoms with van der Waals surface area (Å²) in [5, 5.41) is 0.665. The second-order valence-corrected chi connectivity index (χ2v) is 5.94. The van der Waals surface area contributed by atoms with Gasteiger partial charge in [0.1, 0.15) is 11.5 Å². The van der Waals surface area contributed by atoms with E-state index in [1.807, 2.05) is 12.1 Å². The van der Waals surface area contributed by atoms with Crippen LogP contribution in [0.25, 0.3) is 0 Å². The Kier molecular flexibility index (Phi) is 9.07. The predicted molar refractivity (Wildman–Crippen MR) is 95.5 cm³/mol. The van der Waals surface area contributed by atoms with E-state index < -0.39 is 0 Å². The summed E-state index contributed by atoms with van der Waals surface area (Å²) in [6.45, 7) is 9.92. The van der Waals surface area contributed by atoms with Crippen LogP contribution in [0.15, 0.2) is 24.3 Å². The monoisotopic (exact) mass is 324 g/mol. The maximum atomic E-state index is 6.38. The van der Waals surface area contributed by atoms with Crippen LogP contribution in [0.3, 0.4) is 0 Å². The number of halogens is 1. The second kappa shape index (κ2) is 10.6. The van der Waals surface area contributed by atoms with Crippen molar-refractivity contribution in [1.82, 2.24) is 0 Å². The molecule has 0 spiro atoms. The summed E-state index contributed by atoms with van der Waals surface area (Å²) in [4.78, 5) is 0. The van der Waals surface area contributed by atoms with Crippen LogP contribution in [0.4, 0.5) is 0 Å². The van der Waals surface area contributed by atoms with Crippen molar-refractivity contribution in [3.8, 4) is 11.5 Å². The van der Waals surface area contributed by atoms with E-state index in [9.17, 15) is 0 Å². The first-order chi connectivity index (χ1) is 10.6. The molecule has 0 aliphatic rings. The largest absolute Gasteiger partial charge is 0.493 e. The molecule has 0 N–H and O–H groups in total. The highest BCUT2D eigenvalue weighted by Crippen LogP contribution is 2.38. The maximum absolute atomic E-state index is 6.38. The van der Waals surface area contributed by atoms with Crippen LogP contribution in [0, 0.1) is 0 Å². The number of benzene rings is 1. The maximum Gasteiger partial charge on any atom is 0.141 e. The van der Waals surface area contributed by atoms with Gasteiger partial charge in [-0.15, -0.1) is 0 Å². The Labute approximate surface area is 140 Å². The molecule has 0 bridgehead atoms. The van der Waals surface area contributed by atoms with Gasteiger partial charge in [-0.1, -0.05) is 51.4 Å². The number of hydrogen-bond donors (Lipinski definition) is 0. The minimum Gasteiger partial charge on any atom is -0.493 e. The molecule has 0 aromatic heterocycles. The Morgan fingerprint density at radius 3 is 2.23 bits per heavy atom. The molecule has 1 atom stereocenters. The van der Waals surface area contributed by atoms with Crippen molar-refractivity contribution in [3.05, 3.63) is 34.9 Å². The van der Waals surface area contributed by atoms with E-state index in [1.54, 1.807) is 0 Å². The molecule has 0 aliphatic carbocycles. The van der Waals surface area contributed by atoms with E-state index >= 15 is 0 Å². The molecular weight excluding hydrogens is 296 g/mol. The van der Waals surface area contributed by atoms with Crippen molar-refractivity contribution in [3.63, 3.8) is 0 Å². The first-order valence-electron chi connectivity index (χ1n) is 8.37. The minimum atomic E-state index is 0.368. The fourth-order valence-corrected chi connectivity index (χ4v) is 2.42. The molecule has 0 saturated carbocycles. The summed E-state index contributed by atoms with van der Waals surface area (Å²) in [5.74, 6) is 1.98. The van der Waals surface area contributed by atoms with Gasteiger partial charge in [-0.2, -0.15) is 0 Å². The lowest BCUT2D eigenvalue weighted by Gasteiger charge is -2.18. The molecule has 0 aliphatic heterocycles. The van der Waals surface area contributed by atoms with Gasteiger partial charge in [0.15, 0.2) is 0 Å². The van der Waals surface area contributed by atoms with Crippen molar-refractivity contribution < 1.29 is 9.47 Å². The molecule has 3 heteroatoms. The quantitative estimate of drug-likeness (QED) is 0.465. The Balaban J connectivity index is 3.01. The third kappa shape index (κ3) is 5.92. The average Bonchev–Trinajstić information content (AvgIpc) is 2.52. The van der Waals surface area contributed by atoms with Gasteiger partial charge in [0, 0.05) is 6.07 Å². The second-order valence-electron chi connectivity index (χ2n) is 5.53. The van der Waals surface area contributed by atoms with Crippen LogP contribution in [0.2, 0.25) is 5.02 Å². The summed E-state index contributed by atoms with van der Waals surface area (Å²) in [6.07, 6.45) is 8.42. The summed E-state index contributed by atoms with van der Waals surface area (Å²) in [7, 11) is 0. The van der Waals surface area contributed by atoms with Gasteiger partial charge in [-0.05, 0) is 43.2 Å². The standard InChI is InChI=1S/C19H29ClO2/c1-5-8-9-10-15(4)16-13-17(20)19(22-12-7-3)14-18(16)21-11-6-2/h8-9,13-15H,5-7,10-12H2,1-4H3/b9-8-. The van der Waals surface area contributed by atoms with Crippen molar-refractivity contribution in [2.24, 2.45) is 0 Å². The smallest absolute Gasteiger partial charge is 0.141 e. The molecule has 0 heterocycles. The van der Waals surface area contributed by atoms with Gasteiger partial charge in [0.25, 0.3) is 0 Å². The van der Waals surface area contributed by atoms with E-state index in [-0.39, 0.29) is 0 Å². The molecule has 0 fully saturated rings. The molecule has 22 heavy (non-hydrogen) atoms. The number of ether oxygens (including phenoxy) is 2. The van der Waals surface area contributed by atoms with Crippen LogP contribution < -0.4 is 9.47 Å².